The summed E-state index contributed by atoms with van der Waals surface area (Å²) >= 11 is 6.02. The lowest BCUT2D eigenvalue weighted by atomic mass is 10.1. The molecular weight excluding hydrogens is 392 g/mol. The molecule has 0 spiro atoms. The molecule has 1 aromatic heterocycles. The SMILES string of the molecule is COc1ccc(Cl)cc1NC(=O)C[NH+](C)[C@H](C)c1nnc(-c2cccc(C)c2)o1. The summed E-state index contributed by atoms with van der Waals surface area (Å²) in [6.07, 6.45) is 0. The second-order valence-corrected chi connectivity index (χ2v) is 7.39. The van der Waals surface area contributed by atoms with E-state index in [0.717, 1.165) is 16.0 Å². The number of nitrogens with zero attached hydrogens (tertiary/aromatic N) is 2. The smallest absolute Gasteiger partial charge is 0.279 e. The number of anilines is 1. The van der Waals surface area contributed by atoms with E-state index in [2.05, 4.69) is 15.5 Å². The number of carbonyl (C=O) groups is 1. The van der Waals surface area contributed by atoms with Crippen molar-refractivity contribution in [3.8, 4) is 17.2 Å². The van der Waals surface area contributed by atoms with Crippen LogP contribution < -0.4 is 15.0 Å². The van der Waals surface area contributed by atoms with Crippen molar-refractivity contribution < 1.29 is 18.8 Å². The van der Waals surface area contributed by atoms with Gasteiger partial charge in [-0.2, -0.15) is 0 Å². The van der Waals surface area contributed by atoms with Gasteiger partial charge in [-0.3, -0.25) is 4.79 Å². The molecular formula is C21H24ClN4O3+. The summed E-state index contributed by atoms with van der Waals surface area (Å²) in [5.41, 5.74) is 2.52. The van der Waals surface area contributed by atoms with Crippen molar-refractivity contribution in [2.24, 2.45) is 0 Å². The molecule has 0 aliphatic heterocycles. The molecule has 0 aliphatic rings. The summed E-state index contributed by atoms with van der Waals surface area (Å²) in [6, 6.07) is 12.8. The third-order valence-corrected chi connectivity index (χ3v) is 4.93. The van der Waals surface area contributed by atoms with Gasteiger partial charge in [0, 0.05) is 10.6 Å². The lowest BCUT2D eigenvalue weighted by molar-refractivity contribution is -0.903. The number of amides is 1. The standard InChI is InChI=1S/C21H23ClN4O3/c1-13-6-5-7-15(10-13)21-25-24-20(29-21)14(2)26(3)12-19(27)23-17-11-16(22)8-9-18(17)28-4/h5-11,14H,12H2,1-4H3,(H,23,27)/p+1/t14-/m1/s1. The maximum absolute atomic E-state index is 12.5. The first-order chi connectivity index (χ1) is 13.9. The summed E-state index contributed by atoms with van der Waals surface area (Å²) in [7, 11) is 3.44. The fourth-order valence-corrected chi connectivity index (χ4v) is 3.07. The maximum atomic E-state index is 12.5. The molecule has 0 bridgehead atoms. The highest BCUT2D eigenvalue weighted by molar-refractivity contribution is 6.31. The lowest BCUT2D eigenvalue weighted by Crippen LogP contribution is -3.10. The predicted molar refractivity (Wildman–Crippen MR) is 111 cm³/mol. The summed E-state index contributed by atoms with van der Waals surface area (Å²) in [5.74, 6) is 1.32. The highest BCUT2D eigenvalue weighted by Gasteiger charge is 2.25. The van der Waals surface area contributed by atoms with E-state index in [9.17, 15) is 4.79 Å². The normalized spacial score (nSPS) is 13.0. The third-order valence-electron chi connectivity index (χ3n) is 4.69. The quantitative estimate of drug-likeness (QED) is 0.620. The molecule has 2 aromatic carbocycles. The molecule has 7 nitrogen and oxygen atoms in total. The van der Waals surface area contributed by atoms with E-state index in [1.807, 2.05) is 45.2 Å². The third kappa shape index (κ3) is 5.13. The molecule has 0 saturated carbocycles. The minimum Gasteiger partial charge on any atom is -0.495 e. The van der Waals surface area contributed by atoms with Gasteiger partial charge in [-0.15, -0.1) is 10.2 Å². The zero-order valence-electron chi connectivity index (χ0n) is 16.8. The number of likely N-dealkylation sites (N-methyl/N-ethyl adjacent to an activating group) is 1. The average molecular weight is 416 g/mol. The van der Waals surface area contributed by atoms with Crippen LogP contribution in [0, 0.1) is 6.92 Å². The first kappa shape index (κ1) is 20.8. The van der Waals surface area contributed by atoms with Crippen LogP contribution in [0.1, 0.15) is 24.4 Å². The number of aromatic nitrogens is 2. The van der Waals surface area contributed by atoms with Crippen LogP contribution in [0.2, 0.25) is 5.02 Å². The molecule has 3 aromatic rings. The summed E-state index contributed by atoms with van der Waals surface area (Å²) in [6.45, 7) is 4.16. The van der Waals surface area contributed by atoms with Crippen molar-refractivity contribution in [3.05, 3.63) is 58.9 Å². The molecule has 8 heteroatoms. The number of hydrogen-bond donors (Lipinski definition) is 2. The average Bonchev–Trinajstić information content (AvgIpc) is 3.17. The number of methoxy groups -OCH3 is 1. The van der Waals surface area contributed by atoms with E-state index in [-0.39, 0.29) is 18.5 Å². The van der Waals surface area contributed by atoms with Crippen molar-refractivity contribution in [1.29, 1.82) is 0 Å². The Kier molecular flexibility index (Phi) is 6.51. The van der Waals surface area contributed by atoms with Crippen LogP contribution in [-0.2, 0) is 4.79 Å². The molecule has 3 rings (SSSR count). The van der Waals surface area contributed by atoms with Crippen LogP contribution >= 0.6 is 11.6 Å². The van der Waals surface area contributed by atoms with E-state index in [0.29, 0.717) is 28.2 Å². The molecule has 29 heavy (non-hydrogen) atoms. The number of nitrogens with one attached hydrogen (secondary N) is 2. The molecule has 152 valence electrons. The largest absolute Gasteiger partial charge is 0.495 e. The van der Waals surface area contributed by atoms with Crippen LogP contribution in [0.5, 0.6) is 5.75 Å². The topological polar surface area (TPSA) is 81.7 Å². The van der Waals surface area contributed by atoms with Gasteiger partial charge in [0.15, 0.2) is 12.6 Å². The number of rotatable bonds is 7. The Morgan fingerprint density at radius 1 is 1.28 bits per heavy atom. The van der Waals surface area contributed by atoms with E-state index in [1.54, 1.807) is 25.3 Å². The fourth-order valence-electron chi connectivity index (χ4n) is 2.89. The second kappa shape index (κ2) is 9.07. The Labute approximate surface area is 174 Å². The van der Waals surface area contributed by atoms with Gasteiger partial charge in [-0.25, -0.2) is 0 Å². The minimum atomic E-state index is -0.173. The first-order valence-electron chi connectivity index (χ1n) is 9.23. The Bertz CT molecular complexity index is 1010. The molecule has 0 aliphatic carbocycles. The number of benzene rings is 2. The molecule has 1 heterocycles. The van der Waals surface area contributed by atoms with Crippen LogP contribution in [-0.4, -0.2) is 36.8 Å². The second-order valence-electron chi connectivity index (χ2n) is 6.95. The highest BCUT2D eigenvalue weighted by atomic mass is 35.5. The van der Waals surface area contributed by atoms with Crippen LogP contribution in [0.3, 0.4) is 0 Å². The Balaban J connectivity index is 1.65. The predicted octanol–water partition coefficient (Wildman–Crippen LogP) is 2.92. The van der Waals surface area contributed by atoms with E-state index in [1.165, 1.54) is 0 Å². The number of halogens is 1. The van der Waals surface area contributed by atoms with Gasteiger partial charge >= 0.3 is 0 Å². The Morgan fingerprint density at radius 3 is 2.79 bits per heavy atom. The van der Waals surface area contributed by atoms with E-state index >= 15 is 0 Å². The monoisotopic (exact) mass is 415 g/mol. The van der Waals surface area contributed by atoms with Crippen molar-refractivity contribution >= 4 is 23.2 Å². The Morgan fingerprint density at radius 2 is 2.07 bits per heavy atom. The van der Waals surface area contributed by atoms with Gasteiger partial charge < -0.3 is 19.4 Å². The number of quaternary nitrogens is 1. The summed E-state index contributed by atoms with van der Waals surface area (Å²) < 4.78 is 11.1. The van der Waals surface area contributed by atoms with Gasteiger partial charge in [0.05, 0.1) is 19.8 Å². The zero-order valence-corrected chi connectivity index (χ0v) is 17.6. The molecule has 2 atom stereocenters. The fraction of sp³-hybridized carbons (Fsp3) is 0.286. The number of aryl methyl sites for hydroxylation is 1. The molecule has 0 saturated heterocycles. The van der Waals surface area contributed by atoms with Gasteiger partial charge in [-0.1, -0.05) is 29.3 Å². The van der Waals surface area contributed by atoms with Gasteiger partial charge in [-0.05, 0) is 44.2 Å². The number of hydrogen-bond acceptors (Lipinski definition) is 5. The van der Waals surface area contributed by atoms with Gasteiger partial charge in [0.2, 0.25) is 5.89 Å². The van der Waals surface area contributed by atoms with Crippen molar-refractivity contribution in [1.82, 2.24) is 10.2 Å². The highest BCUT2D eigenvalue weighted by Crippen LogP contribution is 2.27. The first-order valence-corrected chi connectivity index (χ1v) is 9.61. The summed E-state index contributed by atoms with van der Waals surface area (Å²) in [5, 5.41) is 11.7. The molecule has 0 fully saturated rings. The molecule has 0 radical (unpaired) electrons. The van der Waals surface area contributed by atoms with Crippen molar-refractivity contribution in [2.45, 2.75) is 19.9 Å². The maximum Gasteiger partial charge on any atom is 0.279 e. The minimum absolute atomic E-state index is 0.159. The van der Waals surface area contributed by atoms with Crippen LogP contribution in [0.15, 0.2) is 46.9 Å². The van der Waals surface area contributed by atoms with Gasteiger partial charge in [0.25, 0.3) is 11.8 Å². The number of ether oxygens (including phenoxy) is 1. The summed E-state index contributed by atoms with van der Waals surface area (Å²) in [4.78, 5) is 13.4. The number of carbonyl (C=O) groups excluding carboxylic acids is 1. The van der Waals surface area contributed by atoms with E-state index < -0.39 is 0 Å². The molecule has 2 N–H and O–H groups in total. The van der Waals surface area contributed by atoms with Crippen molar-refractivity contribution in [3.63, 3.8) is 0 Å². The zero-order chi connectivity index (χ0) is 21.0. The Hall–Kier alpha value is -2.90. The van der Waals surface area contributed by atoms with Gasteiger partial charge in [0.1, 0.15) is 5.75 Å². The van der Waals surface area contributed by atoms with Crippen LogP contribution in [0.4, 0.5) is 5.69 Å². The lowest BCUT2D eigenvalue weighted by Gasteiger charge is -2.18. The molecule has 1 amide bonds. The van der Waals surface area contributed by atoms with E-state index in [4.69, 9.17) is 20.8 Å². The van der Waals surface area contributed by atoms with Crippen molar-refractivity contribution in [2.75, 3.05) is 26.0 Å². The van der Waals surface area contributed by atoms with Crippen LogP contribution in [0.25, 0.3) is 11.5 Å². The molecule has 1 unspecified atom stereocenters.